The van der Waals surface area contributed by atoms with E-state index in [4.69, 9.17) is 4.42 Å². The van der Waals surface area contributed by atoms with Gasteiger partial charge in [0.1, 0.15) is 17.6 Å². The molecule has 1 aliphatic carbocycles. The molecule has 2 fully saturated rings. The van der Waals surface area contributed by atoms with Gasteiger partial charge in [0.05, 0.1) is 0 Å². The SMILES string of the molecule is C[C@@H](Nc1nnc(-c2cc3c(F)cccc3[nH]2)o1)C(=O)N1CCC2(CC1)CC2. The Labute approximate surface area is 161 Å². The first-order valence-electron chi connectivity index (χ1n) is 9.69. The number of nitrogens with one attached hydrogen (secondary N) is 2. The molecule has 2 aliphatic rings. The second kappa shape index (κ2) is 6.32. The highest BCUT2D eigenvalue weighted by molar-refractivity contribution is 5.85. The van der Waals surface area contributed by atoms with Crippen molar-refractivity contribution < 1.29 is 13.6 Å². The molecule has 1 aliphatic heterocycles. The van der Waals surface area contributed by atoms with Gasteiger partial charge < -0.3 is 19.6 Å². The van der Waals surface area contributed by atoms with Gasteiger partial charge in [0, 0.05) is 24.0 Å². The standard InChI is InChI=1S/C20H22FN5O2/c1-12(18(27)26-9-7-20(5-6-20)8-10-26)22-19-25-24-17(28-19)16-11-13-14(21)3-2-4-15(13)23-16/h2-4,11-12,23H,5-10H2,1H3,(H,22,25)/t12-/m1/s1. The number of amides is 1. The van der Waals surface area contributed by atoms with Crippen LogP contribution in [0.1, 0.15) is 32.6 Å². The summed E-state index contributed by atoms with van der Waals surface area (Å²) in [6.07, 6.45) is 4.83. The van der Waals surface area contributed by atoms with Crippen LogP contribution < -0.4 is 5.32 Å². The highest BCUT2D eigenvalue weighted by atomic mass is 19.1. The van der Waals surface area contributed by atoms with Gasteiger partial charge in [-0.1, -0.05) is 11.2 Å². The Kier molecular flexibility index (Phi) is 3.89. The summed E-state index contributed by atoms with van der Waals surface area (Å²) in [6, 6.07) is 6.17. The average molecular weight is 383 g/mol. The van der Waals surface area contributed by atoms with Crippen molar-refractivity contribution in [1.29, 1.82) is 0 Å². The molecule has 2 aromatic heterocycles. The lowest BCUT2D eigenvalue weighted by molar-refractivity contribution is -0.133. The van der Waals surface area contributed by atoms with Crippen LogP contribution in [0, 0.1) is 11.2 Å². The third-order valence-corrected chi connectivity index (χ3v) is 6.07. The van der Waals surface area contributed by atoms with E-state index in [1.54, 1.807) is 25.1 Å². The Balaban J connectivity index is 1.26. The molecule has 1 saturated carbocycles. The molecular weight excluding hydrogens is 361 g/mol. The van der Waals surface area contributed by atoms with Gasteiger partial charge in [-0.25, -0.2) is 4.39 Å². The normalized spacial score (nSPS) is 19.1. The van der Waals surface area contributed by atoms with Crippen molar-refractivity contribution in [3.63, 3.8) is 0 Å². The molecule has 1 spiro atoms. The number of likely N-dealkylation sites (tertiary alicyclic amines) is 1. The fraction of sp³-hybridized carbons (Fsp3) is 0.450. The molecule has 1 atom stereocenters. The number of nitrogens with zero attached hydrogens (tertiary/aromatic N) is 3. The van der Waals surface area contributed by atoms with E-state index < -0.39 is 6.04 Å². The summed E-state index contributed by atoms with van der Waals surface area (Å²) in [5.74, 6) is -0.0269. The molecule has 28 heavy (non-hydrogen) atoms. The lowest BCUT2D eigenvalue weighted by Crippen LogP contribution is -2.45. The summed E-state index contributed by atoms with van der Waals surface area (Å²) < 4.78 is 19.5. The summed E-state index contributed by atoms with van der Waals surface area (Å²) in [6.45, 7) is 3.44. The highest BCUT2D eigenvalue weighted by Crippen LogP contribution is 2.53. The van der Waals surface area contributed by atoms with E-state index in [1.807, 2.05) is 4.90 Å². The van der Waals surface area contributed by atoms with Crippen LogP contribution in [0.25, 0.3) is 22.5 Å². The Morgan fingerprint density at radius 1 is 1.29 bits per heavy atom. The zero-order chi connectivity index (χ0) is 19.3. The minimum atomic E-state index is -0.457. The van der Waals surface area contributed by atoms with Crippen molar-refractivity contribution in [2.24, 2.45) is 5.41 Å². The van der Waals surface area contributed by atoms with Crippen LogP contribution in [0.2, 0.25) is 0 Å². The molecule has 5 rings (SSSR count). The largest absolute Gasteiger partial charge is 0.402 e. The quantitative estimate of drug-likeness (QED) is 0.719. The number of hydrogen-bond acceptors (Lipinski definition) is 5. The number of carbonyl (C=O) groups is 1. The number of aromatic nitrogens is 3. The molecule has 0 radical (unpaired) electrons. The van der Waals surface area contributed by atoms with Crippen LogP contribution in [-0.2, 0) is 4.79 Å². The number of carbonyl (C=O) groups excluding carboxylic acids is 1. The minimum Gasteiger partial charge on any atom is -0.402 e. The first kappa shape index (κ1) is 17.2. The molecule has 1 saturated heterocycles. The van der Waals surface area contributed by atoms with Crippen LogP contribution in [0.5, 0.6) is 0 Å². The van der Waals surface area contributed by atoms with E-state index >= 15 is 0 Å². The van der Waals surface area contributed by atoms with Gasteiger partial charge in [-0.05, 0) is 56.2 Å². The van der Waals surface area contributed by atoms with Gasteiger partial charge in [-0.3, -0.25) is 4.79 Å². The molecule has 1 aromatic carbocycles. The number of piperidine rings is 1. The van der Waals surface area contributed by atoms with Crippen molar-refractivity contribution in [2.45, 2.75) is 38.6 Å². The van der Waals surface area contributed by atoms with Crippen molar-refractivity contribution in [2.75, 3.05) is 18.4 Å². The number of H-pyrrole nitrogens is 1. The Morgan fingerprint density at radius 2 is 2.07 bits per heavy atom. The van der Waals surface area contributed by atoms with Crippen LogP contribution in [0.4, 0.5) is 10.4 Å². The van der Waals surface area contributed by atoms with Crippen LogP contribution in [0.3, 0.4) is 0 Å². The van der Waals surface area contributed by atoms with Crippen molar-refractivity contribution in [3.8, 4) is 11.6 Å². The zero-order valence-corrected chi connectivity index (χ0v) is 15.7. The predicted molar refractivity (Wildman–Crippen MR) is 102 cm³/mol. The van der Waals surface area contributed by atoms with E-state index in [-0.39, 0.29) is 23.6 Å². The Hall–Kier alpha value is -2.90. The molecule has 8 heteroatoms. The monoisotopic (exact) mass is 383 g/mol. The number of aromatic amines is 1. The minimum absolute atomic E-state index is 0.0444. The number of rotatable bonds is 4. The van der Waals surface area contributed by atoms with Crippen molar-refractivity contribution in [1.82, 2.24) is 20.1 Å². The summed E-state index contributed by atoms with van der Waals surface area (Å²) in [4.78, 5) is 17.7. The number of halogens is 1. The van der Waals surface area contributed by atoms with E-state index in [9.17, 15) is 9.18 Å². The first-order chi connectivity index (χ1) is 13.5. The summed E-state index contributed by atoms with van der Waals surface area (Å²) in [5.41, 5.74) is 1.73. The molecule has 0 bridgehead atoms. The summed E-state index contributed by atoms with van der Waals surface area (Å²) in [5, 5.41) is 11.4. The van der Waals surface area contributed by atoms with Gasteiger partial charge in [0.25, 0.3) is 5.89 Å². The van der Waals surface area contributed by atoms with Crippen LogP contribution in [0.15, 0.2) is 28.7 Å². The van der Waals surface area contributed by atoms with E-state index in [0.29, 0.717) is 22.0 Å². The third kappa shape index (κ3) is 3.02. The molecule has 1 amide bonds. The second-order valence-corrected chi connectivity index (χ2v) is 7.99. The summed E-state index contributed by atoms with van der Waals surface area (Å²) >= 11 is 0. The number of hydrogen-bond donors (Lipinski definition) is 2. The van der Waals surface area contributed by atoms with Gasteiger partial charge >= 0.3 is 6.01 Å². The van der Waals surface area contributed by atoms with Gasteiger partial charge in [0.2, 0.25) is 5.91 Å². The molecule has 146 valence electrons. The maximum absolute atomic E-state index is 13.9. The predicted octanol–water partition coefficient (Wildman–Crippen LogP) is 3.56. The molecule has 3 heterocycles. The highest BCUT2D eigenvalue weighted by Gasteiger charge is 2.45. The van der Waals surface area contributed by atoms with E-state index in [0.717, 1.165) is 25.9 Å². The van der Waals surface area contributed by atoms with E-state index in [2.05, 4.69) is 20.5 Å². The topological polar surface area (TPSA) is 87.0 Å². The Morgan fingerprint density at radius 3 is 2.79 bits per heavy atom. The van der Waals surface area contributed by atoms with Gasteiger partial charge in [-0.15, -0.1) is 5.10 Å². The second-order valence-electron chi connectivity index (χ2n) is 7.99. The fourth-order valence-electron chi connectivity index (χ4n) is 4.02. The number of fused-ring (bicyclic) bond motifs is 1. The maximum Gasteiger partial charge on any atom is 0.316 e. The lowest BCUT2D eigenvalue weighted by Gasteiger charge is -2.33. The lowest BCUT2D eigenvalue weighted by atomic mass is 9.93. The molecule has 3 aromatic rings. The molecular formula is C20H22FN5O2. The summed E-state index contributed by atoms with van der Waals surface area (Å²) in [7, 11) is 0. The van der Waals surface area contributed by atoms with Crippen molar-refractivity contribution >= 4 is 22.8 Å². The van der Waals surface area contributed by atoms with Gasteiger partial charge in [-0.2, -0.15) is 0 Å². The number of benzene rings is 1. The Bertz CT molecular complexity index is 1030. The molecule has 7 nitrogen and oxygen atoms in total. The molecule has 2 N–H and O–H groups in total. The molecule has 0 unspecified atom stereocenters. The number of anilines is 1. The average Bonchev–Trinajstić information content (AvgIpc) is 3.09. The van der Waals surface area contributed by atoms with Crippen molar-refractivity contribution in [3.05, 3.63) is 30.1 Å². The van der Waals surface area contributed by atoms with Gasteiger partial charge in [0.15, 0.2) is 0 Å². The maximum atomic E-state index is 13.9. The zero-order valence-electron chi connectivity index (χ0n) is 15.7. The van der Waals surface area contributed by atoms with Crippen LogP contribution >= 0.6 is 0 Å². The van der Waals surface area contributed by atoms with E-state index in [1.165, 1.54) is 18.9 Å². The fourth-order valence-corrected chi connectivity index (χ4v) is 4.02. The van der Waals surface area contributed by atoms with Crippen LogP contribution in [-0.4, -0.2) is 45.1 Å². The first-order valence-corrected chi connectivity index (χ1v) is 9.69. The third-order valence-electron chi connectivity index (χ3n) is 6.07. The smallest absolute Gasteiger partial charge is 0.316 e.